The molecule has 96 valence electrons. The summed E-state index contributed by atoms with van der Waals surface area (Å²) in [6.07, 6.45) is 0. The maximum Gasteiger partial charge on any atom is 0.226 e. The van der Waals surface area contributed by atoms with E-state index in [1.807, 2.05) is 19.9 Å². The molecule has 0 aliphatic carbocycles. The number of ether oxygens (including phenoxy) is 1. The van der Waals surface area contributed by atoms with E-state index in [1.165, 1.54) is 5.56 Å². The van der Waals surface area contributed by atoms with Crippen LogP contribution < -0.4 is 10.1 Å². The van der Waals surface area contributed by atoms with Crippen LogP contribution in [-0.2, 0) is 0 Å². The van der Waals surface area contributed by atoms with Gasteiger partial charge in [-0.2, -0.15) is 16.3 Å². The summed E-state index contributed by atoms with van der Waals surface area (Å²) in [4.78, 5) is 8.70. The number of aryl methyl sites for hydroxylation is 1. The van der Waals surface area contributed by atoms with Crippen LogP contribution in [0.3, 0.4) is 0 Å². The number of thiophene rings is 1. The molecule has 0 spiro atoms. The summed E-state index contributed by atoms with van der Waals surface area (Å²) < 4.78 is 5.41. The lowest BCUT2D eigenvalue weighted by Crippen LogP contribution is -2.10. The van der Waals surface area contributed by atoms with Gasteiger partial charge in [0.05, 0.1) is 12.6 Å². The average Bonchev–Trinajstić information content (AvgIpc) is 2.81. The zero-order chi connectivity index (χ0) is 13.0. The summed E-state index contributed by atoms with van der Waals surface area (Å²) in [6.45, 7) is 6.58. The molecule has 0 aromatic carbocycles. The minimum absolute atomic E-state index is 0.188. The second-order valence-corrected chi connectivity index (χ2v) is 4.81. The lowest BCUT2D eigenvalue weighted by Gasteiger charge is -2.13. The standard InChI is InChI=1S/C13H17N3OS/c1-4-17-12-7-9(2)14-13(16-12)15-10(3)11-5-6-18-8-11/h5-8,10H,4H2,1-3H3,(H,14,15,16). The molecule has 0 aliphatic heterocycles. The molecule has 0 aliphatic rings. The summed E-state index contributed by atoms with van der Waals surface area (Å²) >= 11 is 1.69. The van der Waals surface area contributed by atoms with Crippen molar-refractivity contribution >= 4 is 17.3 Å². The van der Waals surface area contributed by atoms with Gasteiger partial charge in [0, 0.05) is 11.8 Å². The summed E-state index contributed by atoms with van der Waals surface area (Å²) in [7, 11) is 0. The van der Waals surface area contributed by atoms with E-state index in [0.29, 0.717) is 18.4 Å². The normalized spacial score (nSPS) is 12.2. The minimum atomic E-state index is 0.188. The van der Waals surface area contributed by atoms with Crippen LogP contribution in [0.1, 0.15) is 31.1 Å². The van der Waals surface area contributed by atoms with Crippen molar-refractivity contribution in [3.63, 3.8) is 0 Å². The van der Waals surface area contributed by atoms with Crippen LogP contribution in [0.25, 0.3) is 0 Å². The van der Waals surface area contributed by atoms with Gasteiger partial charge in [-0.3, -0.25) is 0 Å². The molecular weight excluding hydrogens is 246 g/mol. The average molecular weight is 263 g/mol. The zero-order valence-electron chi connectivity index (χ0n) is 10.8. The van der Waals surface area contributed by atoms with Gasteiger partial charge in [0.2, 0.25) is 11.8 Å². The molecule has 0 saturated carbocycles. The largest absolute Gasteiger partial charge is 0.478 e. The molecule has 1 N–H and O–H groups in total. The molecule has 2 aromatic rings. The highest BCUT2D eigenvalue weighted by atomic mass is 32.1. The summed E-state index contributed by atoms with van der Waals surface area (Å²) in [5.74, 6) is 1.22. The van der Waals surface area contributed by atoms with Crippen LogP contribution >= 0.6 is 11.3 Å². The maximum absolute atomic E-state index is 5.41. The predicted octanol–water partition coefficient (Wildman–Crippen LogP) is 3.42. The molecule has 0 fully saturated rings. The van der Waals surface area contributed by atoms with Crippen molar-refractivity contribution in [2.24, 2.45) is 0 Å². The Labute approximate surface area is 111 Å². The Balaban J connectivity index is 2.13. The first-order valence-corrected chi connectivity index (χ1v) is 6.90. The quantitative estimate of drug-likeness (QED) is 0.898. The molecule has 2 aromatic heterocycles. The number of hydrogen-bond acceptors (Lipinski definition) is 5. The van der Waals surface area contributed by atoms with Crippen molar-refractivity contribution in [2.45, 2.75) is 26.8 Å². The van der Waals surface area contributed by atoms with Gasteiger partial charge in [-0.25, -0.2) is 4.98 Å². The molecule has 2 heterocycles. The number of aromatic nitrogens is 2. The zero-order valence-corrected chi connectivity index (χ0v) is 11.6. The first-order valence-electron chi connectivity index (χ1n) is 5.96. The Hall–Kier alpha value is -1.62. The van der Waals surface area contributed by atoms with Crippen molar-refractivity contribution in [3.8, 4) is 5.88 Å². The molecule has 2 rings (SSSR count). The third-order valence-corrected chi connectivity index (χ3v) is 3.21. The molecule has 1 atom stereocenters. The lowest BCUT2D eigenvalue weighted by atomic mass is 10.2. The van der Waals surface area contributed by atoms with Gasteiger partial charge >= 0.3 is 0 Å². The third kappa shape index (κ3) is 3.20. The Morgan fingerprint density at radius 1 is 1.44 bits per heavy atom. The molecular formula is C13H17N3OS. The summed E-state index contributed by atoms with van der Waals surface area (Å²) in [5.41, 5.74) is 2.14. The van der Waals surface area contributed by atoms with Gasteiger partial charge in [0.1, 0.15) is 0 Å². The minimum Gasteiger partial charge on any atom is -0.478 e. The van der Waals surface area contributed by atoms with Gasteiger partial charge < -0.3 is 10.1 Å². The number of rotatable bonds is 5. The smallest absolute Gasteiger partial charge is 0.226 e. The van der Waals surface area contributed by atoms with Crippen molar-refractivity contribution < 1.29 is 4.74 Å². The van der Waals surface area contributed by atoms with E-state index in [0.717, 1.165) is 5.69 Å². The molecule has 0 amide bonds. The van der Waals surface area contributed by atoms with E-state index in [9.17, 15) is 0 Å². The van der Waals surface area contributed by atoms with Gasteiger partial charge in [-0.15, -0.1) is 0 Å². The van der Waals surface area contributed by atoms with E-state index in [-0.39, 0.29) is 6.04 Å². The molecule has 18 heavy (non-hydrogen) atoms. The molecule has 5 heteroatoms. The number of nitrogens with one attached hydrogen (secondary N) is 1. The SMILES string of the molecule is CCOc1cc(C)nc(NC(C)c2ccsc2)n1. The lowest BCUT2D eigenvalue weighted by molar-refractivity contribution is 0.326. The van der Waals surface area contributed by atoms with E-state index in [2.05, 4.69) is 39.0 Å². The van der Waals surface area contributed by atoms with Crippen molar-refractivity contribution in [3.05, 3.63) is 34.2 Å². The fourth-order valence-corrected chi connectivity index (χ4v) is 2.38. The highest BCUT2D eigenvalue weighted by Crippen LogP contribution is 2.20. The van der Waals surface area contributed by atoms with Crippen molar-refractivity contribution in [1.82, 2.24) is 9.97 Å². The molecule has 0 bridgehead atoms. The van der Waals surface area contributed by atoms with E-state index < -0.39 is 0 Å². The Kier molecular flexibility index (Phi) is 4.15. The Bertz CT molecular complexity index is 499. The van der Waals surface area contributed by atoms with Crippen molar-refractivity contribution in [2.75, 3.05) is 11.9 Å². The van der Waals surface area contributed by atoms with Gasteiger partial charge in [0.25, 0.3) is 0 Å². The van der Waals surface area contributed by atoms with Gasteiger partial charge in [-0.05, 0) is 43.2 Å². The topological polar surface area (TPSA) is 47.0 Å². The van der Waals surface area contributed by atoms with E-state index >= 15 is 0 Å². The van der Waals surface area contributed by atoms with Crippen LogP contribution in [0.4, 0.5) is 5.95 Å². The monoisotopic (exact) mass is 263 g/mol. The Morgan fingerprint density at radius 3 is 2.94 bits per heavy atom. The molecule has 4 nitrogen and oxygen atoms in total. The van der Waals surface area contributed by atoms with Gasteiger partial charge in [-0.1, -0.05) is 0 Å². The number of hydrogen-bond donors (Lipinski definition) is 1. The maximum atomic E-state index is 5.41. The predicted molar refractivity (Wildman–Crippen MR) is 74.3 cm³/mol. The Morgan fingerprint density at radius 2 is 2.28 bits per heavy atom. The van der Waals surface area contributed by atoms with Crippen LogP contribution in [0.5, 0.6) is 5.88 Å². The van der Waals surface area contributed by atoms with Crippen LogP contribution in [0.15, 0.2) is 22.9 Å². The van der Waals surface area contributed by atoms with Crippen LogP contribution in [0.2, 0.25) is 0 Å². The molecule has 0 saturated heterocycles. The molecule has 1 unspecified atom stereocenters. The van der Waals surface area contributed by atoms with Crippen molar-refractivity contribution in [1.29, 1.82) is 0 Å². The second-order valence-electron chi connectivity index (χ2n) is 4.03. The third-order valence-electron chi connectivity index (χ3n) is 2.51. The van der Waals surface area contributed by atoms with E-state index in [1.54, 1.807) is 11.3 Å². The van der Waals surface area contributed by atoms with Crippen LogP contribution in [-0.4, -0.2) is 16.6 Å². The van der Waals surface area contributed by atoms with E-state index in [4.69, 9.17) is 4.74 Å². The summed E-state index contributed by atoms with van der Waals surface area (Å²) in [5, 5.41) is 7.48. The number of anilines is 1. The highest BCUT2D eigenvalue weighted by Gasteiger charge is 2.09. The summed E-state index contributed by atoms with van der Waals surface area (Å²) in [6, 6.07) is 4.12. The molecule has 0 radical (unpaired) electrons. The second kappa shape index (κ2) is 5.82. The number of nitrogens with zero attached hydrogens (tertiary/aromatic N) is 2. The highest BCUT2D eigenvalue weighted by molar-refractivity contribution is 7.07. The fraction of sp³-hybridized carbons (Fsp3) is 0.385. The first kappa shape index (κ1) is 12.8. The van der Waals surface area contributed by atoms with Crippen LogP contribution in [0, 0.1) is 6.92 Å². The fourth-order valence-electron chi connectivity index (χ4n) is 1.62. The first-order chi connectivity index (χ1) is 8.69. The van der Waals surface area contributed by atoms with Gasteiger partial charge in [0.15, 0.2) is 0 Å².